The van der Waals surface area contributed by atoms with Gasteiger partial charge in [-0.3, -0.25) is 0 Å². The number of nitrogens with zero attached hydrogens (tertiary/aromatic N) is 1. The second kappa shape index (κ2) is 7.01. The van der Waals surface area contributed by atoms with Crippen LogP contribution in [0.1, 0.15) is 17.2 Å². The van der Waals surface area contributed by atoms with Gasteiger partial charge in [0, 0.05) is 0 Å². The Labute approximate surface area is 140 Å². The third-order valence-corrected chi connectivity index (χ3v) is 3.81. The number of thiocarbonyl (C=S) groups is 1. The molecule has 0 aromatic heterocycles. The molecule has 0 radical (unpaired) electrons. The monoisotopic (exact) mass is 317 g/mol. The Morgan fingerprint density at radius 3 is 2.17 bits per heavy atom. The highest BCUT2D eigenvalue weighted by Gasteiger charge is 2.13. The summed E-state index contributed by atoms with van der Waals surface area (Å²) in [6, 6.07) is 25.2. The lowest BCUT2D eigenvalue weighted by molar-refractivity contribution is 0.475. The number of rotatable bonds is 4. The molecule has 0 saturated heterocycles. The van der Waals surface area contributed by atoms with E-state index in [0.29, 0.717) is 0 Å². The molecule has 0 aliphatic carbocycles. The van der Waals surface area contributed by atoms with Gasteiger partial charge in [0.1, 0.15) is 11.8 Å². The predicted octanol–water partition coefficient (Wildman–Crippen LogP) is 5.25. The summed E-state index contributed by atoms with van der Waals surface area (Å²) in [5.41, 5.74) is 4.29. The van der Waals surface area contributed by atoms with Crippen LogP contribution in [-0.2, 0) is 0 Å². The number of hydrogen-bond acceptors (Lipinski definition) is 3. The van der Waals surface area contributed by atoms with Gasteiger partial charge in [-0.1, -0.05) is 60.7 Å². The molecule has 1 N–H and O–H groups in total. The van der Waals surface area contributed by atoms with Crippen LogP contribution >= 0.6 is 12.2 Å². The molecule has 112 valence electrons. The molecule has 0 heterocycles. The number of aliphatic imine (C=N–C) groups is 1. The van der Waals surface area contributed by atoms with Crippen LogP contribution in [0.25, 0.3) is 11.1 Å². The molecule has 3 aromatic rings. The first-order valence-corrected chi connectivity index (χ1v) is 7.70. The normalized spacial score (nSPS) is 11.5. The van der Waals surface area contributed by atoms with E-state index in [1.54, 1.807) is 12.1 Å². The fourth-order valence-electron chi connectivity index (χ4n) is 2.57. The average molecular weight is 317 g/mol. The number of hydrogen-bond donors (Lipinski definition) is 1. The highest BCUT2D eigenvalue weighted by atomic mass is 32.1. The zero-order chi connectivity index (χ0) is 16.1. The number of isothiocyanates is 1. The maximum atomic E-state index is 9.46. The van der Waals surface area contributed by atoms with Crippen LogP contribution in [0.4, 0.5) is 0 Å². The van der Waals surface area contributed by atoms with Crippen LogP contribution in [0.5, 0.6) is 5.75 Å². The van der Waals surface area contributed by atoms with Crippen molar-refractivity contribution in [2.45, 2.75) is 6.04 Å². The molecule has 3 rings (SSSR count). The third-order valence-electron chi connectivity index (χ3n) is 3.70. The number of benzene rings is 3. The van der Waals surface area contributed by atoms with E-state index in [0.717, 1.165) is 22.3 Å². The van der Waals surface area contributed by atoms with E-state index < -0.39 is 0 Å². The minimum atomic E-state index is -0.225. The molecule has 23 heavy (non-hydrogen) atoms. The number of aromatic hydroxyl groups is 1. The summed E-state index contributed by atoms with van der Waals surface area (Å²) in [5, 5.41) is 11.9. The molecular weight excluding hydrogens is 302 g/mol. The van der Waals surface area contributed by atoms with Gasteiger partial charge in [-0.15, -0.1) is 0 Å². The van der Waals surface area contributed by atoms with Gasteiger partial charge >= 0.3 is 0 Å². The Kier molecular flexibility index (Phi) is 4.62. The summed E-state index contributed by atoms with van der Waals surface area (Å²) in [6.45, 7) is 0. The van der Waals surface area contributed by atoms with Gasteiger partial charge in [-0.2, -0.15) is 0 Å². The van der Waals surface area contributed by atoms with Crippen molar-refractivity contribution in [3.05, 3.63) is 90.0 Å². The van der Waals surface area contributed by atoms with Crippen molar-refractivity contribution in [3.8, 4) is 16.9 Å². The first kappa shape index (κ1) is 15.2. The van der Waals surface area contributed by atoms with E-state index in [1.165, 1.54) is 0 Å². The summed E-state index contributed by atoms with van der Waals surface area (Å²) in [4.78, 5) is 4.31. The first-order valence-electron chi connectivity index (χ1n) is 7.29. The van der Waals surface area contributed by atoms with Crippen molar-refractivity contribution in [1.82, 2.24) is 0 Å². The number of phenolic OH excluding ortho intramolecular Hbond substituents is 1. The Bertz CT molecular complexity index is 837. The van der Waals surface area contributed by atoms with Gasteiger partial charge in [0.25, 0.3) is 0 Å². The molecule has 1 atom stereocenters. The molecule has 1 unspecified atom stereocenters. The largest absolute Gasteiger partial charge is 0.508 e. The molecule has 0 bridgehead atoms. The van der Waals surface area contributed by atoms with Gasteiger partial charge < -0.3 is 5.11 Å². The highest BCUT2D eigenvalue weighted by Crippen LogP contribution is 2.30. The Balaban J connectivity index is 2.04. The Hall–Kier alpha value is -2.74. The van der Waals surface area contributed by atoms with Crippen LogP contribution in [0.3, 0.4) is 0 Å². The van der Waals surface area contributed by atoms with Crippen LogP contribution in [0.15, 0.2) is 83.9 Å². The average Bonchev–Trinajstić information content (AvgIpc) is 2.61. The van der Waals surface area contributed by atoms with E-state index in [9.17, 15) is 5.11 Å². The first-order chi connectivity index (χ1) is 11.3. The third kappa shape index (κ3) is 3.54. The standard InChI is InChI=1S/C20H15NOS/c22-19-11-9-16(10-12-19)20(21-14-23)18-8-4-7-17(13-18)15-5-2-1-3-6-15/h1-13,20,22H. The molecule has 2 nitrogen and oxygen atoms in total. The molecule has 3 heteroatoms. The van der Waals surface area contributed by atoms with Crippen molar-refractivity contribution >= 4 is 17.4 Å². The summed E-state index contributed by atoms with van der Waals surface area (Å²) in [7, 11) is 0. The second-order valence-electron chi connectivity index (χ2n) is 5.21. The van der Waals surface area contributed by atoms with Crippen LogP contribution < -0.4 is 0 Å². The van der Waals surface area contributed by atoms with Gasteiger partial charge in [0.15, 0.2) is 0 Å². The van der Waals surface area contributed by atoms with Gasteiger partial charge in [-0.25, -0.2) is 4.99 Å². The Morgan fingerprint density at radius 2 is 1.48 bits per heavy atom. The predicted molar refractivity (Wildman–Crippen MR) is 96.9 cm³/mol. The fourth-order valence-corrected chi connectivity index (χ4v) is 2.68. The molecule has 0 aliphatic heterocycles. The molecule has 0 fully saturated rings. The lowest BCUT2D eigenvalue weighted by atomic mass is 9.95. The molecule has 0 aliphatic rings. The van der Waals surface area contributed by atoms with Gasteiger partial charge in [0.2, 0.25) is 0 Å². The Morgan fingerprint density at radius 1 is 0.783 bits per heavy atom. The SMILES string of the molecule is Oc1ccc(C(N=C=S)c2cccc(-c3ccccc3)c2)cc1. The van der Waals surface area contributed by atoms with E-state index in [-0.39, 0.29) is 11.8 Å². The molecule has 0 saturated carbocycles. The molecule has 0 spiro atoms. The maximum absolute atomic E-state index is 9.46. The van der Waals surface area contributed by atoms with E-state index in [1.807, 2.05) is 42.5 Å². The summed E-state index contributed by atoms with van der Waals surface area (Å²) in [5.74, 6) is 0.233. The lowest BCUT2D eigenvalue weighted by Gasteiger charge is -2.13. The van der Waals surface area contributed by atoms with Crippen molar-refractivity contribution in [1.29, 1.82) is 0 Å². The smallest absolute Gasteiger partial charge is 0.115 e. The zero-order valence-electron chi connectivity index (χ0n) is 12.4. The van der Waals surface area contributed by atoms with Crippen molar-refractivity contribution in [3.63, 3.8) is 0 Å². The van der Waals surface area contributed by atoms with Gasteiger partial charge in [0.05, 0.1) is 5.16 Å². The summed E-state index contributed by atoms with van der Waals surface area (Å²) >= 11 is 4.81. The van der Waals surface area contributed by atoms with Crippen LogP contribution in [0.2, 0.25) is 0 Å². The van der Waals surface area contributed by atoms with Crippen molar-refractivity contribution in [2.75, 3.05) is 0 Å². The number of phenols is 1. The molecule has 0 amide bonds. The van der Waals surface area contributed by atoms with Crippen molar-refractivity contribution in [2.24, 2.45) is 4.99 Å². The van der Waals surface area contributed by atoms with E-state index in [4.69, 9.17) is 12.2 Å². The topological polar surface area (TPSA) is 32.6 Å². The fraction of sp³-hybridized carbons (Fsp3) is 0.0500. The minimum Gasteiger partial charge on any atom is -0.508 e. The van der Waals surface area contributed by atoms with Gasteiger partial charge in [-0.05, 0) is 52.7 Å². The second-order valence-corrected chi connectivity index (χ2v) is 5.39. The molecular formula is C20H15NOS. The summed E-state index contributed by atoms with van der Waals surface area (Å²) < 4.78 is 0. The summed E-state index contributed by atoms with van der Waals surface area (Å²) in [6.07, 6.45) is 0. The maximum Gasteiger partial charge on any atom is 0.115 e. The highest BCUT2D eigenvalue weighted by molar-refractivity contribution is 7.78. The van der Waals surface area contributed by atoms with Crippen LogP contribution in [0, 0.1) is 0 Å². The van der Waals surface area contributed by atoms with E-state index in [2.05, 4.69) is 34.4 Å². The van der Waals surface area contributed by atoms with Crippen LogP contribution in [-0.4, -0.2) is 10.3 Å². The minimum absolute atomic E-state index is 0.225. The molecule has 3 aromatic carbocycles. The quantitative estimate of drug-likeness (QED) is 0.526. The van der Waals surface area contributed by atoms with E-state index >= 15 is 0 Å². The zero-order valence-corrected chi connectivity index (χ0v) is 13.2. The lowest BCUT2D eigenvalue weighted by Crippen LogP contribution is -1.98. The van der Waals surface area contributed by atoms with Crippen molar-refractivity contribution < 1.29 is 5.11 Å².